The van der Waals surface area contributed by atoms with Gasteiger partial charge in [0.15, 0.2) is 0 Å². The van der Waals surface area contributed by atoms with Gasteiger partial charge in [-0.05, 0) is 19.4 Å². The van der Waals surface area contributed by atoms with Gasteiger partial charge < -0.3 is 15.5 Å². The number of nitrogens with one attached hydrogen (secondary N) is 3. The zero-order chi connectivity index (χ0) is 23.9. The molecule has 3 aliphatic rings. The van der Waals surface area contributed by atoms with Crippen molar-refractivity contribution >= 4 is 23.4 Å². The van der Waals surface area contributed by atoms with Crippen molar-refractivity contribution in [2.75, 3.05) is 18.4 Å². The lowest BCUT2D eigenvalue weighted by atomic mass is 10.1. The third-order valence-electron chi connectivity index (χ3n) is 5.63. The van der Waals surface area contributed by atoms with Crippen LogP contribution in [0, 0.1) is 10.1 Å². The molecule has 4 heterocycles. The number of pyridine rings is 1. The number of amides is 3. The van der Waals surface area contributed by atoms with Crippen LogP contribution in [0.25, 0.3) is 0 Å². The number of carbonyl (C=O) groups is 2. The van der Waals surface area contributed by atoms with Crippen LogP contribution in [0.3, 0.4) is 0 Å². The van der Waals surface area contributed by atoms with Gasteiger partial charge in [0.1, 0.15) is 23.7 Å². The maximum Gasteiger partial charge on any atom is 0.408 e. The van der Waals surface area contributed by atoms with E-state index in [0.717, 1.165) is 13.0 Å². The number of halogens is 3. The average molecular weight is 467 g/mol. The van der Waals surface area contributed by atoms with Crippen LogP contribution in [-0.2, 0) is 4.79 Å². The Morgan fingerprint density at radius 3 is 2.85 bits per heavy atom. The normalized spacial score (nSPS) is 22.4. The van der Waals surface area contributed by atoms with E-state index in [-0.39, 0.29) is 23.4 Å². The molecule has 1 aromatic rings. The fourth-order valence-corrected chi connectivity index (χ4v) is 3.91. The highest BCUT2D eigenvalue weighted by molar-refractivity contribution is 5.91. The van der Waals surface area contributed by atoms with E-state index in [1.165, 1.54) is 23.2 Å². The molecule has 0 saturated carbocycles. The van der Waals surface area contributed by atoms with Crippen LogP contribution in [0.2, 0.25) is 0 Å². The monoisotopic (exact) mass is 467 g/mol. The van der Waals surface area contributed by atoms with Gasteiger partial charge in [-0.1, -0.05) is 6.08 Å². The van der Waals surface area contributed by atoms with Crippen LogP contribution < -0.4 is 16.0 Å². The lowest BCUT2D eigenvalue weighted by Crippen LogP contribution is -2.57. The third-order valence-corrected chi connectivity index (χ3v) is 5.63. The van der Waals surface area contributed by atoms with Crippen LogP contribution in [0.15, 0.2) is 42.0 Å². The molecular formula is C19H20F3N7O4. The van der Waals surface area contributed by atoms with Crippen molar-refractivity contribution in [1.29, 1.82) is 0 Å². The lowest BCUT2D eigenvalue weighted by molar-refractivity contribution is -0.384. The molecule has 4 rings (SSSR count). The van der Waals surface area contributed by atoms with Crippen molar-refractivity contribution in [3.8, 4) is 0 Å². The van der Waals surface area contributed by atoms with E-state index in [0.29, 0.717) is 25.2 Å². The highest BCUT2D eigenvalue weighted by atomic mass is 19.4. The molecule has 0 aliphatic carbocycles. The van der Waals surface area contributed by atoms with E-state index in [2.05, 4.69) is 15.6 Å². The summed E-state index contributed by atoms with van der Waals surface area (Å²) in [7, 11) is 0. The Hall–Kier alpha value is -3.84. The standard InChI is InChI=1S/C19H20F3N7O4/c1-10(19(20,21)22)24-17(30)13-2-3-14-16(25-13)28(12-5-7-27(14)9-12)18(31)26-15-8-11(29(32)33)4-6-23-15/h2-4,6,8,10,12-13,25H,5,7,9H2,1H3,(H,24,30)(H,23,26,31)/t10-,12+,13?/m1/s1. The van der Waals surface area contributed by atoms with Crippen molar-refractivity contribution < 1.29 is 27.7 Å². The molecule has 3 atom stereocenters. The Balaban J connectivity index is 1.54. The number of hydrogen-bond donors (Lipinski definition) is 3. The highest BCUT2D eigenvalue weighted by Gasteiger charge is 2.43. The van der Waals surface area contributed by atoms with Gasteiger partial charge in [-0.15, -0.1) is 0 Å². The smallest absolute Gasteiger partial charge is 0.366 e. The molecule has 1 aromatic heterocycles. The quantitative estimate of drug-likeness (QED) is 0.453. The molecule has 14 heteroatoms. The number of alkyl halides is 3. The highest BCUT2D eigenvalue weighted by Crippen LogP contribution is 2.33. The average Bonchev–Trinajstić information content (AvgIpc) is 3.17. The number of carbonyl (C=O) groups excluding carboxylic acids is 2. The largest absolute Gasteiger partial charge is 0.408 e. The summed E-state index contributed by atoms with van der Waals surface area (Å²) >= 11 is 0. The first-order valence-corrected chi connectivity index (χ1v) is 10.1. The summed E-state index contributed by atoms with van der Waals surface area (Å²) in [4.78, 5) is 43.2. The number of dihydropyridines is 1. The first-order chi connectivity index (χ1) is 15.5. The molecule has 0 aromatic carbocycles. The number of aromatic nitrogens is 1. The van der Waals surface area contributed by atoms with Crippen molar-refractivity contribution in [1.82, 2.24) is 25.4 Å². The molecule has 3 N–H and O–H groups in total. The Bertz CT molecular complexity index is 1060. The molecule has 3 aliphatic heterocycles. The zero-order valence-corrected chi connectivity index (χ0v) is 17.3. The molecule has 33 heavy (non-hydrogen) atoms. The van der Waals surface area contributed by atoms with Crippen molar-refractivity contribution in [2.24, 2.45) is 0 Å². The lowest BCUT2D eigenvalue weighted by Gasteiger charge is -2.41. The number of hydrogen-bond acceptors (Lipinski definition) is 7. The van der Waals surface area contributed by atoms with E-state index in [1.807, 2.05) is 10.2 Å². The predicted molar refractivity (Wildman–Crippen MR) is 108 cm³/mol. The van der Waals surface area contributed by atoms with E-state index in [9.17, 15) is 32.9 Å². The Kier molecular flexibility index (Phi) is 5.59. The summed E-state index contributed by atoms with van der Waals surface area (Å²) < 4.78 is 38.5. The Morgan fingerprint density at radius 2 is 2.15 bits per heavy atom. The minimum Gasteiger partial charge on any atom is -0.366 e. The van der Waals surface area contributed by atoms with Crippen LogP contribution in [0.5, 0.6) is 0 Å². The maximum absolute atomic E-state index is 13.1. The summed E-state index contributed by atoms with van der Waals surface area (Å²) in [6.07, 6.45) is 0.261. The van der Waals surface area contributed by atoms with Crippen LogP contribution in [0.4, 0.5) is 29.5 Å². The molecular weight excluding hydrogens is 447 g/mol. The second kappa shape index (κ2) is 8.26. The maximum atomic E-state index is 13.1. The molecule has 1 fully saturated rings. The minimum absolute atomic E-state index is 0.0311. The van der Waals surface area contributed by atoms with Gasteiger partial charge in [0.25, 0.3) is 5.69 Å². The number of nitrogens with zero attached hydrogens (tertiary/aromatic N) is 4. The first kappa shape index (κ1) is 22.4. The molecule has 1 unspecified atom stereocenters. The van der Waals surface area contributed by atoms with Gasteiger partial charge in [-0.25, -0.2) is 9.78 Å². The molecule has 2 bridgehead atoms. The van der Waals surface area contributed by atoms with Gasteiger partial charge >= 0.3 is 12.2 Å². The molecule has 176 valence electrons. The summed E-state index contributed by atoms with van der Waals surface area (Å²) in [6.45, 7) is 2.02. The van der Waals surface area contributed by atoms with E-state index in [1.54, 1.807) is 6.08 Å². The Labute approximate surface area is 185 Å². The van der Waals surface area contributed by atoms with Gasteiger partial charge in [0, 0.05) is 25.4 Å². The van der Waals surface area contributed by atoms with Crippen LogP contribution in [0.1, 0.15) is 13.3 Å². The van der Waals surface area contributed by atoms with E-state index in [4.69, 9.17) is 0 Å². The fraction of sp³-hybridized carbons (Fsp3) is 0.421. The first-order valence-electron chi connectivity index (χ1n) is 10.1. The number of fused-ring (bicyclic) bond motifs is 3. The van der Waals surface area contributed by atoms with Crippen molar-refractivity contribution in [3.05, 3.63) is 52.1 Å². The van der Waals surface area contributed by atoms with E-state index >= 15 is 0 Å². The topological polar surface area (TPSA) is 133 Å². The van der Waals surface area contributed by atoms with Crippen molar-refractivity contribution in [2.45, 2.75) is 37.6 Å². The van der Waals surface area contributed by atoms with Crippen molar-refractivity contribution in [3.63, 3.8) is 0 Å². The summed E-state index contributed by atoms with van der Waals surface area (Å²) in [6, 6.07) is -1.77. The number of allylic oxidation sites excluding steroid dienone is 1. The molecule has 11 nitrogen and oxygen atoms in total. The fourth-order valence-electron chi connectivity index (χ4n) is 3.91. The van der Waals surface area contributed by atoms with Crippen LogP contribution in [-0.4, -0.2) is 69.0 Å². The second-order valence-corrected chi connectivity index (χ2v) is 7.83. The zero-order valence-electron chi connectivity index (χ0n) is 17.3. The predicted octanol–water partition coefficient (Wildman–Crippen LogP) is 1.68. The molecule has 3 amide bonds. The number of nitro groups is 1. The molecule has 0 spiro atoms. The molecule has 0 radical (unpaired) electrons. The number of urea groups is 1. The second-order valence-electron chi connectivity index (χ2n) is 7.83. The summed E-state index contributed by atoms with van der Waals surface area (Å²) in [5.74, 6) is -0.651. The SMILES string of the molecule is C[C@@H](NC(=O)C1C=CC2=C(N1)N(C(=O)Nc1cc([N+](=O)[O-])ccn1)[C@H]1CCN2C1)C(F)(F)F. The molecule has 1 saturated heterocycles. The van der Waals surface area contributed by atoms with Gasteiger partial charge in [0.2, 0.25) is 5.91 Å². The number of rotatable bonds is 4. The van der Waals surface area contributed by atoms with E-state index < -0.39 is 35.1 Å². The Morgan fingerprint density at radius 1 is 1.39 bits per heavy atom. The van der Waals surface area contributed by atoms with Gasteiger partial charge in [-0.2, -0.15) is 13.2 Å². The van der Waals surface area contributed by atoms with Gasteiger partial charge in [-0.3, -0.25) is 25.1 Å². The summed E-state index contributed by atoms with van der Waals surface area (Å²) in [5.41, 5.74) is 0.374. The summed E-state index contributed by atoms with van der Waals surface area (Å²) in [5, 5.41) is 18.3. The third kappa shape index (κ3) is 4.40. The van der Waals surface area contributed by atoms with Crippen LogP contribution >= 0.6 is 0 Å². The minimum atomic E-state index is -4.59. The number of anilines is 1. The van der Waals surface area contributed by atoms with Gasteiger partial charge in [0.05, 0.1) is 22.7 Å².